The van der Waals surface area contributed by atoms with Crippen molar-refractivity contribution < 1.29 is 30.7 Å². The third-order valence-corrected chi connectivity index (χ3v) is 7.99. The fourth-order valence-corrected chi connectivity index (χ4v) is 6.02. The van der Waals surface area contributed by atoms with Crippen LogP contribution in [0.15, 0.2) is 133 Å². The van der Waals surface area contributed by atoms with Gasteiger partial charge in [0.05, 0.1) is 11.4 Å². The van der Waals surface area contributed by atoms with Gasteiger partial charge in [0.2, 0.25) is 0 Å². The number of rotatable bonds is 6. The molecule has 8 heteroatoms. The van der Waals surface area contributed by atoms with Gasteiger partial charge in [0, 0.05) is 34.8 Å². The van der Waals surface area contributed by atoms with Crippen LogP contribution in [0.4, 0.5) is 47.8 Å². The van der Waals surface area contributed by atoms with Crippen LogP contribution in [0.1, 0.15) is 0 Å². The molecule has 1 nitrogen and oxygen atoms in total. The van der Waals surface area contributed by atoms with E-state index in [0.29, 0.717) is 44.5 Å². The Morgan fingerprint density at radius 2 is 0.792 bits per heavy atom. The minimum absolute atomic E-state index is 0.172. The predicted octanol–water partition coefficient (Wildman–Crippen LogP) is 12.3. The summed E-state index contributed by atoms with van der Waals surface area (Å²) in [4.78, 5) is 1.76. The lowest BCUT2D eigenvalue weighted by Crippen LogP contribution is -2.12. The Morgan fingerprint density at radius 3 is 1.38 bits per heavy atom. The molecule has 0 aliphatic heterocycles. The standard InChI is InChI=1S/C40H22F7N/c41-27-8-10-34(11-9-27)48(39-6-2-1-4-35(39)25-14-30(44)21-31(45)15-25)40-7-3-5-36-37(26-16-32(46)22-33(47)17-26)18-24(19-38(36)40)23-12-28(42)20-29(43)13-23/h1-22H. The molecule has 0 aliphatic rings. The minimum Gasteiger partial charge on any atom is -0.309 e. The number of fused-ring (bicyclic) bond motifs is 1. The number of hydrogen-bond acceptors (Lipinski definition) is 1. The number of hydrogen-bond donors (Lipinski definition) is 0. The Hall–Kier alpha value is -5.89. The Bertz CT molecular complexity index is 2270. The van der Waals surface area contributed by atoms with Gasteiger partial charge in [-0.05, 0) is 118 Å². The summed E-state index contributed by atoms with van der Waals surface area (Å²) < 4.78 is 101. The van der Waals surface area contributed by atoms with Gasteiger partial charge in [-0.15, -0.1) is 0 Å². The van der Waals surface area contributed by atoms with Crippen LogP contribution in [-0.2, 0) is 0 Å². The van der Waals surface area contributed by atoms with Crippen molar-refractivity contribution in [3.8, 4) is 33.4 Å². The highest BCUT2D eigenvalue weighted by atomic mass is 19.2. The second-order valence-electron chi connectivity index (χ2n) is 11.2. The van der Waals surface area contributed by atoms with Gasteiger partial charge in [0.15, 0.2) is 0 Å². The van der Waals surface area contributed by atoms with Crippen LogP contribution < -0.4 is 4.90 Å². The van der Waals surface area contributed by atoms with Gasteiger partial charge in [0.25, 0.3) is 0 Å². The largest absolute Gasteiger partial charge is 0.309 e. The maximum atomic E-state index is 14.6. The van der Waals surface area contributed by atoms with E-state index in [-0.39, 0.29) is 16.7 Å². The lowest BCUT2D eigenvalue weighted by atomic mass is 9.91. The molecule has 0 saturated carbocycles. The highest BCUT2D eigenvalue weighted by molar-refractivity contribution is 6.08. The smallest absolute Gasteiger partial charge is 0.126 e. The van der Waals surface area contributed by atoms with E-state index in [1.165, 1.54) is 36.4 Å². The van der Waals surface area contributed by atoms with E-state index in [9.17, 15) is 30.7 Å². The molecule has 0 radical (unpaired) electrons. The molecule has 0 unspecified atom stereocenters. The van der Waals surface area contributed by atoms with Crippen LogP contribution in [0.25, 0.3) is 44.2 Å². The van der Waals surface area contributed by atoms with E-state index in [1.54, 1.807) is 59.5 Å². The Kier molecular flexibility index (Phi) is 7.93. The van der Waals surface area contributed by atoms with Crippen molar-refractivity contribution in [2.75, 3.05) is 4.90 Å². The molecule has 7 aromatic rings. The van der Waals surface area contributed by atoms with Crippen molar-refractivity contribution in [1.29, 1.82) is 0 Å². The van der Waals surface area contributed by atoms with E-state index in [2.05, 4.69) is 0 Å². The van der Waals surface area contributed by atoms with Crippen LogP contribution in [0.5, 0.6) is 0 Å². The fourth-order valence-electron chi connectivity index (χ4n) is 6.02. The molecule has 0 bridgehead atoms. The Morgan fingerprint density at radius 1 is 0.312 bits per heavy atom. The Balaban J connectivity index is 1.57. The summed E-state index contributed by atoms with van der Waals surface area (Å²) in [5, 5.41) is 1.02. The molecule has 0 spiro atoms. The van der Waals surface area contributed by atoms with Crippen LogP contribution >= 0.6 is 0 Å². The summed E-state index contributed by atoms with van der Waals surface area (Å²) in [5.41, 5.74) is 3.13. The van der Waals surface area contributed by atoms with E-state index < -0.39 is 40.7 Å². The van der Waals surface area contributed by atoms with Crippen molar-refractivity contribution in [1.82, 2.24) is 0 Å². The zero-order valence-corrected chi connectivity index (χ0v) is 24.8. The quantitative estimate of drug-likeness (QED) is 0.162. The first kappa shape index (κ1) is 30.7. The Labute approximate surface area is 270 Å². The maximum absolute atomic E-state index is 14.6. The van der Waals surface area contributed by atoms with Crippen LogP contribution in [0, 0.1) is 40.7 Å². The molecule has 48 heavy (non-hydrogen) atoms. The first-order chi connectivity index (χ1) is 23.1. The van der Waals surface area contributed by atoms with E-state index in [4.69, 9.17) is 0 Å². The molecule has 0 N–H and O–H groups in total. The van der Waals surface area contributed by atoms with Gasteiger partial charge in [-0.3, -0.25) is 0 Å². The van der Waals surface area contributed by atoms with E-state index in [1.807, 2.05) is 0 Å². The molecular weight excluding hydrogens is 627 g/mol. The minimum atomic E-state index is -0.819. The zero-order chi connectivity index (χ0) is 33.5. The fraction of sp³-hybridized carbons (Fsp3) is 0. The highest BCUT2D eigenvalue weighted by Gasteiger charge is 2.22. The highest BCUT2D eigenvalue weighted by Crippen LogP contribution is 2.46. The molecule has 7 rings (SSSR count). The summed E-state index contributed by atoms with van der Waals surface area (Å²) in [7, 11) is 0. The topological polar surface area (TPSA) is 3.24 Å². The van der Waals surface area contributed by atoms with E-state index >= 15 is 0 Å². The maximum Gasteiger partial charge on any atom is 0.126 e. The van der Waals surface area contributed by atoms with E-state index in [0.717, 1.165) is 42.5 Å². The molecule has 0 aliphatic carbocycles. The lowest BCUT2D eigenvalue weighted by molar-refractivity contribution is 0.583. The summed E-state index contributed by atoms with van der Waals surface area (Å²) in [6, 6.07) is 30.2. The van der Waals surface area contributed by atoms with Crippen molar-refractivity contribution in [2.45, 2.75) is 0 Å². The molecule has 0 aromatic heterocycles. The SMILES string of the molecule is Fc1ccc(N(c2ccccc2-c2cc(F)cc(F)c2)c2cccc3c(-c4cc(F)cc(F)c4)cc(-c4cc(F)cc(F)c4)cc23)cc1. The third-order valence-electron chi connectivity index (χ3n) is 7.99. The number of nitrogens with zero attached hydrogens (tertiary/aromatic N) is 1. The molecule has 0 amide bonds. The molecule has 7 aromatic carbocycles. The first-order valence-electron chi connectivity index (χ1n) is 14.7. The summed E-state index contributed by atoms with van der Waals surface area (Å²) in [5.74, 6) is -5.33. The van der Waals surface area contributed by atoms with Gasteiger partial charge >= 0.3 is 0 Å². The second-order valence-corrected chi connectivity index (χ2v) is 11.2. The zero-order valence-electron chi connectivity index (χ0n) is 24.8. The average molecular weight is 650 g/mol. The number of halogens is 7. The summed E-state index contributed by atoms with van der Waals surface area (Å²) in [6.07, 6.45) is 0. The van der Waals surface area contributed by atoms with Crippen LogP contribution in [0.2, 0.25) is 0 Å². The normalized spacial score (nSPS) is 11.2. The average Bonchev–Trinajstić information content (AvgIpc) is 3.04. The molecular formula is C40H22F7N. The number of benzene rings is 7. The van der Waals surface area contributed by atoms with Gasteiger partial charge in [0.1, 0.15) is 40.7 Å². The molecule has 0 atom stereocenters. The number of para-hydroxylation sites is 1. The summed E-state index contributed by atoms with van der Waals surface area (Å²) in [6.45, 7) is 0. The second kappa shape index (κ2) is 12.4. The third kappa shape index (κ3) is 6.00. The van der Waals surface area contributed by atoms with Crippen molar-refractivity contribution in [3.63, 3.8) is 0 Å². The molecule has 0 fully saturated rings. The van der Waals surface area contributed by atoms with Gasteiger partial charge in [-0.1, -0.05) is 30.3 Å². The molecule has 0 saturated heterocycles. The van der Waals surface area contributed by atoms with Crippen molar-refractivity contribution in [2.24, 2.45) is 0 Å². The van der Waals surface area contributed by atoms with Gasteiger partial charge < -0.3 is 4.90 Å². The molecule has 0 heterocycles. The van der Waals surface area contributed by atoms with Crippen molar-refractivity contribution >= 4 is 27.8 Å². The van der Waals surface area contributed by atoms with Crippen LogP contribution in [-0.4, -0.2) is 0 Å². The van der Waals surface area contributed by atoms with Gasteiger partial charge in [-0.25, -0.2) is 30.7 Å². The van der Waals surface area contributed by atoms with Gasteiger partial charge in [-0.2, -0.15) is 0 Å². The van der Waals surface area contributed by atoms with Crippen LogP contribution in [0.3, 0.4) is 0 Å². The summed E-state index contributed by atoms with van der Waals surface area (Å²) >= 11 is 0. The molecule has 236 valence electrons. The monoisotopic (exact) mass is 649 g/mol. The predicted molar refractivity (Wildman–Crippen MR) is 175 cm³/mol. The van der Waals surface area contributed by atoms with Crippen molar-refractivity contribution in [3.05, 3.63) is 174 Å². The lowest BCUT2D eigenvalue weighted by Gasteiger charge is -2.29. The first-order valence-corrected chi connectivity index (χ1v) is 14.7. The number of anilines is 3.